The van der Waals surface area contributed by atoms with E-state index in [-0.39, 0.29) is 0 Å². The zero-order valence-corrected chi connectivity index (χ0v) is 12.3. The van der Waals surface area contributed by atoms with E-state index in [1.54, 1.807) is 12.4 Å². The van der Waals surface area contributed by atoms with Crippen LogP contribution in [-0.2, 0) is 6.42 Å². The maximum atomic E-state index is 5.84. The highest BCUT2D eigenvalue weighted by atomic mass is 79.9. The van der Waals surface area contributed by atoms with Crippen LogP contribution in [-0.4, -0.2) is 15.0 Å². The molecule has 0 bridgehead atoms. The van der Waals surface area contributed by atoms with Crippen molar-refractivity contribution in [1.29, 1.82) is 0 Å². The minimum absolute atomic E-state index is 0.451. The standard InChI is InChI=1S/C11H10Br2N4/c1-2-8-9(13)10(14)17-11(16-8)6-3-7(12)5-15-4-6/h3-5H,2H2,1H3,(H2,14,16,17). The van der Waals surface area contributed by atoms with Crippen LogP contribution in [0, 0.1) is 0 Å². The first-order chi connectivity index (χ1) is 8.11. The molecule has 0 aromatic carbocycles. The van der Waals surface area contributed by atoms with Crippen LogP contribution in [0.25, 0.3) is 11.4 Å². The number of hydrogen-bond acceptors (Lipinski definition) is 4. The summed E-state index contributed by atoms with van der Waals surface area (Å²) in [5, 5.41) is 0. The lowest BCUT2D eigenvalue weighted by atomic mass is 10.2. The second-order valence-electron chi connectivity index (χ2n) is 3.44. The van der Waals surface area contributed by atoms with Crippen LogP contribution < -0.4 is 5.73 Å². The fraction of sp³-hybridized carbons (Fsp3) is 0.182. The molecule has 0 saturated heterocycles. The lowest BCUT2D eigenvalue weighted by Gasteiger charge is -2.07. The summed E-state index contributed by atoms with van der Waals surface area (Å²) < 4.78 is 1.66. The molecule has 0 aliphatic heterocycles. The Labute approximate surface area is 116 Å². The summed E-state index contributed by atoms with van der Waals surface area (Å²) in [6.45, 7) is 2.02. The van der Waals surface area contributed by atoms with E-state index in [4.69, 9.17) is 5.73 Å². The number of halogens is 2. The van der Waals surface area contributed by atoms with Gasteiger partial charge in [-0.3, -0.25) is 4.98 Å². The molecule has 2 heterocycles. The molecule has 0 amide bonds. The van der Waals surface area contributed by atoms with Crippen LogP contribution in [0.5, 0.6) is 0 Å². The summed E-state index contributed by atoms with van der Waals surface area (Å²) in [5.74, 6) is 1.04. The number of aromatic nitrogens is 3. The molecule has 0 fully saturated rings. The molecular formula is C11H10Br2N4. The van der Waals surface area contributed by atoms with Crippen molar-refractivity contribution in [2.45, 2.75) is 13.3 Å². The van der Waals surface area contributed by atoms with Gasteiger partial charge in [0.05, 0.1) is 10.2 Å². The van der Waals surface area contributed by atoms with Gasteiger partial charge >= 0.3 is 0 Å². The van der Waals surface area contributed by atoms with Crippen LogP contribution in [0.1, 0.15) is 12.6 Å². The maximum absolute atomic E-state index is 5.84. The highest BCUT2D eigenvalue weighted by Crippen LogP contribution is 2.26. The molecule has 0 radical (unpaired) electrons. The van der Waals surface area contributed by atoms with E-state index in [0.29, 0.717) is 11.6 Å². The lowest BCUT2D eigenvalue weighted by molar-refractivity contribution is 0.994. The van der Waals surface area contributed by atoms with Crippen LogP contribution in [0.4, 0.5) is 5.82 Å². The minimum atomic E-state index is 0.451. The third-order valence-electron chi connectivity index (χ3n) is 2.24. The molecule has 6 heteroatoms. The van der Waals surface area contributed by atoms with Crippen molar-refractivity contribution in [2.24, 2.45) is 0 Å². The lowest BCUT2D eigenvalue weighted by Crippen LogP contribution is -2.02. The van der Waals surface area contributed by atoms with E-state index in [0.717, 1.165) is 26.6 Å². The molecule has 4 nitrogen and oxygen atoms in total. The highest BCUT2D eigenvalue weighted by molar-refractivity contribution is 9.10. The molecule has 2 aromatic rings. The van der Waals surface area contributed by atoms with Gasteiger partial charge in [-0.2, -0.15) is 0 Å². The highest BCUT2D eigenvalue weighted by Gasteiger charge is 2.10. The Morgan fingerprint density at radius 3 is 2.65 bits per heavy atom. The Kier molecular flexibility index (Phi) is 3.73. The zero-order chi connectivity index (χ0) is 12.4. The predicted molar refractivity (Wildman–Crippen MR) is 74.5 cm³/mol. The molecule has 2 aromatic heterocycles. The molecule has 2 rings (SSSR count). The third kappa shape index (κ3) is 2.63. The van der Waals surface area contributed by atoms with Crippen molar-refractivity contribution in [3.05, 3.63) is 33.1 Å². The van der Waals surface area contributed by atoms with Gasteiger partial charge in [-0.25, -0.2) is 9.97 Å². The van der Waals surface area contributed by atoms with Crippen LogP contribution >= 0.6 is 31.9 Å². The Hall–Kier alpha value is -1.01. The van der Waals surface area contributed by atoms with Gasteiger partial charge in [0.25, 0.3) is 0 Å². The number of nitrogens with zero attached hydrogens (tertiary/aromatic N) is 3. The number of rotatable bonds is 2. The van der Waals surface area contributed by atoms with Crippen molar-refractivity contribution in [3.8, 4) is 11.4 Å². The Morgan fingerprint density at radius 1 is 1.24 bits per heavy atom. The van der Waals surface area contributed by atoms with Gasteiger partial charge in [-0.1, -0.05) is 6.92 Å². The molecule has 0 aliphatic rings. The van der Waals surface area contributed by atoms with Crippen molar-refractivity contribution in [2.75, 3.05) is 5.73 Å². The van der Waals surface area contributed by atoms with Crippen molar-refractivity contribution < 1.29 is 0 Å². The van der Waals surface area contributed by atoms with Gasteiger partial charge in [-0.05, 0) is 44.3 Å². The normalized spacial score (nSPS) is 10.5. The quantitative estimate of drug-likeness (QED) is 0.896. The molecule has 0 unspecified atom stereocenters. The fourth-order valence-corrected chi connectivity index (χ4v) is 2.23. The second kappa shape index (κ2) is 5.10. The average molecular weight is 358 g/mol. The van der Waals surface area contributed by atoms with Gasteiger partial charge in [0.15, 0.2) is 5.82 Å². The zero-order valence-electron chi connectivity index (χ0n) is 9.11. The van der Waals surface area contributed by atoms with Gasteiger partial charge in [-0.15, -0.1) is 0 Å². The molecule has 2 N–H and O–H groups in total. The number of nitrogens with two attached hydrogens (primary N) is 1. The summed E-state index contributed by atoms with van der Waals surface area (Å²) in [4.78, 5) is 12.8. The van der Waals surface area contributed by atoms with Crippen molar-refractivity contribution >= 4 is 37.7 Å². The largest absolute Gasteiger partial charge is 0.383 e. The molecular weight excluding hydrogens is 348 g/mol. The van der Waals surface area contributed by atoms with E-state index in [2.05, 4.69) is 46.8 Å². The Bertz CT molecular complexity index is 557. The smallest absolute Gasteiger partial charge is 0.163 e. The Balaban J connectivity index is 2.56. The molecule has 0 spiro atoms. The van der Waals surface area contributed by atoms with Crippen LogP contribution in [0.2, 0.25) is 0 Å². The van der Waals surface area contributed by atoms with E-state index >= 15 is 0 Å². The second-order valence-corrected chi connectivity index (χ2v) is 5.15. The number of pyridine rings is 1. The van der Waals surface area contributed by atoms with Crippen LogP contribution in [0.15, 0.2) is 27.4 Å². The molecule has 0 aliphatic carbocycles. The summed E-state index contributed by atoms with van der Waals surface area (Å²) in [6.07, 6.45) is 4.22. The summed E-state index contributed by atoms with van der Waals surface area (Å²) in [6, 6.07) is 1.91. The summed E-state index contributed by atoms with van der Waals surface area (Å²) in [5.41, 5.74) is 7.58. The monoisotopic (exact) mass is 356 g/mol. The van der Waals surface area contributed by atoms with Gasteiger partial charge in [0, 0.05) is 22.4 Å². The topological polar surface area (TPSA) is 64.7 Å². The van der Waals surface area contributed by atoms with E-state index in [9.17, 15) is 0 Å². The Morgan fingerprint density at radius 2 is 2.00 bits per heavy atom. The van der Waals surface area contributed by atoms with Gasteiger partial charge in [0.2, 0.25) is 0 Å². The first-order valence-electron chi connectivity index (χ1n) is 5.04. The number of hydrogen-bond donors (Lipinski definition) is 1. The van der Waals surface area contributed by atoms with E-state index in [1.165, 1.54) is 0 Å². The average Bonchev–Trinajstić information content (AvgIpc) is 2.32. The first-order valence-corrected chi connectivity index (χ1v) is 6.63. The number of aryl methyl sites for hydroxylation is 1. The van der Waals surface area contributed by atoms with Crippen molar-refractivity contribution in [3.63, 3.8) is 0 Å². The van der Waals surface area contributed by atoms with Gasteiger partial charge < -0.3 is 5.73 Å². The van der Waals surface area contributed by atoms with E-state index < -0.39 is 0 Å². The summed E-state index contributed by atoms with van der Waals surface area (Å²) >= 11 is 6.76. The first kappa shape index (κ1) is 12.4. The number of nitrogen functional groups attached to an aromatic ring is 1. The maximum Gasteiger partial charge on any atom is 0.163 e. The van der Waals surface area contributed by atoms with Crippen molar-refractivity contribution in [1.82, 2.24) is 15.0 Å². The minimum Gasteiger partial charge on any atom is -0.383 e. The molecule has 0 saturated carbocycles. The van der Waals surface area contributed by atoms with E-state index in [1.807, 2.05) is 13.0 Å². The molecule has 0 atom stereocenters. The third-order valence-corrected chi connectivity index (χ3v) is 3.54. The molecule has 88 valence electrons. The van der Waals surface area contributed by atoms with Crippen LogP contribution in [0.3, 0.4) is 0 Å². The fourth-order valence-electron chi connectivity index (χ4n) is 1.41. The summed E-state index contributed by atoms with van der Waals surface area (Å²) in [7, 11) is 0. The SMILES string of the molecule is CCc1nc(-c2cncc(Br)c2)nc(N)c1Br. The molecule has 17 heavy (non-hydrogen) atoms. The predicted octanol–water partition coefficient (Wildman–Crippen LogP) is 3.21. The van der Waals surface area contributed by atoms with Gasteiger partial charge in [0.1, 0.15) is 5.82 Å². The number of anilines is 1.